The molecule has 2 N–H and O–H groups in total. The molecule has 2 fully saturated rings. The van der Waals surface area contributed by atoms with Crippen LogP contribution in [0.4, 0.5) is 0 Å². The van der Waals surface area contributed by atoms with Gasteiger partial charge in [-0.2, -0.15) is 0 Å². The number of nitrogens with zero attached hydrogens (tertiary/aromatic N) is 1. The Kier molecular flexibility index (Phi) is 3.45. The lowest BCUT2D eigenvalue weighted by atomic mass is 9.77. The molecular formula is C12H24N2. The Morgan fingerprint density at radius 2 is 2.00 bits per heavy atom. The fourth-order valence-corrected chi connectivity index (χ4v) is 3.34. The molecule has 3 atom stereocenters. The second-order valence-corrected chi connectivity index (χ2v) is 5.12. The van der Waals surface area contributed by atoms with E-state index in [0.717, 1.165) is 24.4 Å². The highest BCUT2D eigenvalue weighted by Gasteiger charge is 2.35. The van der Waals surface area contributed by atoms with Crippen molar-refractivity contribution in [3.8, 4) is 0 Å². The topological polar surface area (TPSA) is 29.3 Å². The highest BCUT2D eigenvalue weighted by molar-refractivity contribution is 4.89. The van der Waals surface area contributed by atoms with Crippen LogP contribution in [0.15, 0.2) is 0 Å². The molecule has 2 heteroatoms. The summed E-state index contributed by atoms with van der Waals surface area (Å²) in [6.07, 6.45) is 7.09. The SMILES string of the molecule is CC(CN)C1CCCN2CCCCC12. The maximum atomic E-state index is 5.81. The molecule has 14 heavy (non-hydrogen) atoms. The summed E-state index contributed by atoms with van der Waals surface area (Å²) in [6, 6.07) is 0.871. The Bertz CT molecular complexity index is 177. The van der Waals surface area contributed by atoms with Crippen LogP contribution in [0, 0.1) is 11.8 Å². The van der Waals surface area contributed by atoms with Gasteiger partial charge in [-0.1, -0.05) is 13.3 Å². The van der Waals surface area contributed by atoms with E-state index in [4.69, 9.17) is 5.73 Å². The molecule has 0 aromatic carbocycles. The summed E-state index contributed by atoms with van der Waals surface area (Å²) < 4.78 is 0. The smallest absolute Gasteiger partial charge is 0.0126 e. The van der Waals surface area contributed by atoms with E-state index in [9.17, 15) is 0 Å². The lowest BCUT2D eigenvalue weighted by Gasteiger charge is -2.46. The Hall–Kier alpha value is -0.0800. The first-order valence-electron chi connectivity index (χ1n) is 6.27. The summed E-state index contributed by atoms with van der Waals surface area (Å²) in [7, 11) is 0. The molecule has 0 radical (unpaired) electrons. The number of nitrogens with two attached hydrogens (primary N) is 1. The van der Waals surface area contributed by atoms with Gasteiger partial charge in [-0.25, -0.2) is 0 Å². The molecule has 2 rings (SSSR count). The summed E-state index contributed by atoms with van der Waals surface area (Å²) >= 11 is 0. The number of hydrogen-bond donors (Lipinski definition) is 1. The van der Waals surface area contributed by atoms with Crippen molar-refractivity contribution in [1.82, 2.24) is 4.90 Å². The Balaban J connectivity index is 2.01. The maximum absolute atomic E-state index is 5.81. The third kappa shape index (κ3) is 1.96. The fraction of sp³-hybridized carbons (Fsp3) is 1.00. The molecule has 0 spiro atoms. The molecule has 2 nitrogen and oxygen atoms in total. The van der Waals surface area contributed by atoms with E-state index in [-0.39, 0.29) is 0 Å². The first-order valence-corrected chi connectivity index (χ1v) is 6.27. The van der Waals surface area contributed by atoms with Gasteiger partial charge in [-0.3, -0.25) is 0 Å². The number of rotatable bonds is 2. The second kappa shape index (κ2) is 4.63. The lowest BCUT2D eigenvalue weighted by Crippen LogP contribution is -2.50. The molecule has 2 aliphatic rings. The van der Waals surface area contributed by atoms with Gasteiger partial charge < -0.3 is 10.6 Å². The van der Waals surface area contributed by atoms with Gasteiger partial charge >= 0.3 is 0 Å². The normalized spacial score (nSPS) is 36.4. The summed E-state index contributed by atoms with van der Waals surface area (Å²) in [5.41, 5.74) is 5.81. The van der Waals surface area contributed by atoms with Gasteiger partial charge in [-0.15, -0.1) is 0 Å². The monoisotopic (exact) mass is 196 g/mol. The minimum atomic E-state index is 0.723. The largest absolute Gasteiger partial charge is 0.330 e. The van der Waals surface area contributed by atoms with Gasteiger partial charge in [0.1, 0.15) is 0 Å². The van der Waals surface area contributed by atoms with Gasteiger partial charge in [0.25, 0.3) is 0 Å². The van der Waals surface area contributed by atoms with Crippen LogP contribution < -0.4 is 5.73 Å². The van der Waals surface area contributed by atoms with Crippen LogP contribution in [0.5, 0.6) is 0 Å². The number of hydrogen-bond acceptors (Lipinski definition) is 2. The predicted molar refractivity (Wildman–Crippen MR) is 60.2 cm³/mol. The van der Waals surface area contributed by atoms with E-state index < -0.39 is 0 Å². The Labute approximate surface area is 87.8 Å². The molecule has 0 saturated carbocycles. The van der Waals surface area contributed by atoms with Crippen molar-refractivity contribution in [2.75, 3.05) is 19.6 Å². The van der Waals surface area contributed by atoms with Crippen LogP contribution in [0.25, 0.3) is 0 Å². The second-order valence-electron chi connectivity index (χ2n) is 5.12. The standard InChI is InChI=1S/C12H24N2/c1-10(9-13)11-5-4-8-14-7-3-2-6-12(11)14/h10-12H,2-9,13H2,1H3. The van der Waals surface area contributed by atoms with Crippen molar-refractivity contribution >= 4 is 0 Å². The lowest BCUT2D eigenvalue weighted by molar-refractivity contribution is 0.0371. The molecule has 0 aromatic rings. The van der Waals surface area contributed by atoms with E-state index in [1.165, 1.54) is 45.2 Å². The summed E-state index contributed by atoms with van der Waals surface area (Å²) in [5.74, 6) is 1.61. The van der Waals surface area contributed by atoms with E-state index in [1.54, 1.807) is 0 Å². The minimum absolute atomic E-state index is 0.723. The first-order chi connectivity index (χ1) is 6.83. The van der Waals surface area contributed by atoms with Crippen molar-refractivity contribution in [2.45, 2.75) is 45.1 Å². The van der Waals surface area contributed by atoms with Crippen LogP contribution in [0.2, 0.25) is 0 Å². The molecule has 2 saturated heterocycles. The molecule has 82 valence electrons. The predicted octanol–water partition coefficient (Wildman–Crippen LogP) is 1.85. The average Bonchev–Trinajstić information content (AvgIpc) is 2.27. The zero-order chi connectivity index (χ0) is 9.97. The van der Waals surface area contributed by atoms with Crippen LogP contribution in [0.3, 0.4) is 0 Å². The van der Waals surface area contributed by atoms with Crippen LogP contribution in [-0.4, -0.2) is 30.6 Å². The van der Waals surface area contributed by atoms with Crippen molar-refractivity contribution in [2.24, 2.45) is 17.6 Å². The summed E-state index contributed by atoms with van der Waals surface area (Å²) in [6.45, 7) is 5.90. The fourth-order valence-electron chi connectivity index (χ4n) is 3.34. The maximum Gasteiger partial charge on any atom is 0.0126 e. The zero-order valence-corrected chi connectivity index (χ0v) is 9.41. The third-order valence-corrected chi connectivity index (χ3v) is 4.24. The van der Waals surface area contributed by atoms with Crippen molar-refractivity contribution in [3.63, 3.8) is 0 Å². The van der Waals surface area contributed by atoms with E-state index in [2.05, 4.69) is 11.8 Å². The highest BCUT2D eigenvalue weighted by atomic mass is 15.2. The van der Waals surface area contributed by atoms with Crippen LogP contribution in [-0.2, 0) is 0 Å². The third-order valence-electron chi connectivity index (χ3n) is 4.24. The van der Waals surface area contributed by atoms with Crippen LogP contribution in [0.1, 0.15) is 39.0 Å². The molecule has 0 aromatic heterocycles. The van der Waals surface area contributed by atoms with Gasteiger partial charge in [0.05, 0.1) is 0 Å². The zero-order valence-electron chi connectivity index (χ0n) is 9.41. The molecule has 2 heterocycles. The molecule has 2 aliphatic heterocycles. The Morgan fingerprint density at radius 3 is 2.79 bits per heavy atom. The van der Waals surface area contributed by atoms with E-state index >= 15 is 0 Å². The number of fused-ring (bicyclic) bond motifs is 1. The molecular weight excluding hydrogens is 172 g/mol. The molecule has 3 unspecified atom stereocenters. The Morgan fingerprint density at radius 1 is 1.21 bits per heavy atom. The minimum Gasteiger partial charge on any atom is -0.330 e. The highest BCUT2D eigenvalue weighted by Crippen LogP contribution is 2.34. The molecule has 0 amide bonds. The average molecular weight is 196 g/mol. The first kappa shape index (κ1) is 10.4. The summed E-state index contributed by atoms with van der Waals surface area (Å²) in [4.78, 5) is 2.73. The van der Waals surface area contributed by atoms with Crippen molar-refractivity contribution in [3.05, 3.63) is 0 Å². The van der Waals surface area contributed by atoms with Crippen molar-refractivity contribution in [1.29, 1.82) is 0 Å². The van der Waals surface area contributed by atoms with E-state index in [1.807, 2.05) is 0 Å². The van der Waals surface area contributed by atoms with E-state index in [0.29, 0.717) is 0 Å². The molecule has 0 bridgehead atoms. The summed E-state index contributed by atoms with van der Waals surface area (Å²) in [5, 5.41) is 0. The van der Waals surface area contributed by atoms with Crippen LogP contribution >= 0.6 is 0 Å². The quantitative estimate of drug-likeness (QED) is 0.730. The number of piperidine rings is 2. The van der Waals surface area contributed by atoms with Gasteiger partial charge in [0, 0.05) is 6.04 Å². The van der Waals surface area contributed by atoms with Gasteiger partial charge in [0.2, 0.25) is 0 Å². The van der Waals surface area contributed by atoms with Crippen molar-refractivity contribution < 1.29 is 0 Å². The molecule has 0 aliphatic carbocycles. The van der Waals surface area contributed by atoms with Gasteiger partial charge in [-0.05, 0) is 57.2 Å². The van der Waals surface area contributed by atoms with Gasteiger partial charge in [0.15, 0.2) is 0 Å².